The minimum atomic E-state index is -4.38. The summed E-state index contributed by atoms with van der Waals surface area (Å²) in [6, 6.07) is 16.6. The number of fused-ring (bicyclic) bond motifs is 1. The molecule has 0 aromatic heterocycles. The average molecular weight is 414 g/mol. The highest BCUT2D eigenvalue weighted by Gasteiger charge is 2.16. The highest BCUT2D eigenvalue weighted by Crippen LogP contribution is 2.30. The van der Waals surface area contributed by atoms with Crippen LogP contribution in [0.3, 0.4) is 0 Å². The van der Waals surface area contributed by atoms with Gasteiger partial charge in [-0.1, -0.05) is 50.2 Å². The van der Waals surface area contributed by atoms with E-state index in [0.717, 1.165) is 12.0 Å². The summed E-state index contributed by atoms with van der Waals surface area (Å²) in [4.78, 5) is 12.0. The van der Waals surface area contributed by atoms with Crippen molar-refractivity contribution in [2.24, 2.45) is 0 Å². The summed E-state index contributed by atoms with van der Waals surface area (Å²) in [5.41, 5.74) is 1.09. The van der Waals surface area contributed by atoms with Crippen LogP contribution in [0.2, 0.25) is 0 Å². The molecule has 1 atom stereocenters. The number of rotatable bonds is 7. The van der Waals surface area contributed by atoms with Gasteiger partial charge in [0.15, 0.2) is 6.61 Å². The first-order valence-electron chi connectivity index (χ1n) is 9.22. The Kier molecular flexibility index (Phi) is 6.20. The Labute approximate surface area is 169 Å². The van der Waals surface area contributed by atoms with Gasteiger partial charge in [0.25, 0.3) is 10.1 Å². The molecule has 0 saturated carbocycles. The lowest BCUT2D eigenvalue weighted by Crippen LogP contribution is -2.18. The second-order valence-corrected chi connectivity index (χ2v) is 8.12. The molecular weight excluding hydrogens is 392 g/mol. The molecule has 152 valence electrons. The van der Waals surface area contributed by atoms with E-state index in [1.807, 2.05) is 18.2 Å². The van der Waals surface area contributed by atoms with Gasteiger partial charge in [0.05, 0.1) is 0 Å². The Morgan fingerprint density at radius 2 is 1.72 bits per heavy atom. The molecule has 0 bridgehead atoms. The number of hydrogen-bond donors (Lipinski definition) is 1. The second kappa shape index (κ2) is 8.63. The van der Waals surface area contributed by atoms with E-state index in [1.165, 1.54) is 12.1 Å². The van der Waals surface area contributed by atoms with Crippen LogP contribution in [0, 0.1) is 0 Å². The summed E-state index contributed by atoms with van der Waals surface area (Å²) in [7, 11) is -4.38. The van der Waals surface area contributed by atoms with Crippen molar-refractivity contribution < 1.29 is 27.2 Å². The minimum absolute atomic E-state index is 0.218. The van der Waals surface area contributed by atoms with Crippen LogP contribution in [0.4, 0.5) is 0 Å². The van der Waals surface area contributed by atoms with Gasteiger partial charge < -0.3 is 9.47 Å². The maximum atomic E-state index is 12.2. The highest BCUT2D eigenvalue weighted by atomic mass is 32.2. The van der Waals surface area contributed by atoms with E-state index in [1.54, 1.807) is 30.3 Å². The SMILES string of the molecule is CCC(C)c1cccc(OC(=O)COc2cccc3c(S(=O)(=O)O)cccc23)c1. The molecule has 0 fully saturated rings. The quantitative estimate of drug-likeness (QED) is 0.346. The Morgan fingerprint density at radius 3 is 2.45 bits per heavy atom. The maximum absolute atomic E-state index is 12.2. The first kappa shape index (κ1) is 20.8. The zero-order chi connectivity index (χ0) is 21.0. The smallest absolute Gasteiger partial charge is 0.349 e. The van der Waals surface area contributed by atoms with Crippen LogP contribution >= 0.6 is 0 Å². The van der Waals surface area contributed by atoms with Gasteiger partial charge in [0.1, 0.15) is 16.4 Å². The normalized spacial score (nSPS) is 12.5. The van der Waals surface area contributed by atoms with Crippen LogP contribution in [-0.4, -0.2) is 25.5 Å². The number of carbonyl (C=O) groups is 1. The van der Waals surface area contributed by atoms with Crippen molar-refractivity contribution in [1.82, 2.24) is 0 Å². The molecule has 1 N–H and O–H groups in total. The molecule has 3 rings (SSSR count). The van der Waals surface area contributed by atoms with Crippen LogP contribution in [0.15, 0.2) is 65.6 Å². The number of benzene rings is 3. The third kappa shape index (κ3) is 4.93. The first-order valence-corrected chi connectivity index (χ1v) is 10.7. The minimum Gasteiger partial charge on any atom is -0.481 e. The average Bonchev–Trinajstić information content (AvgIpc) is 2.70. The van der Waals surface area contributed by atoms with E-state index < -0.39 is 16.1 Å². The first-order chi connectivity index (χ1) is 13.8. The monoisotopic (exact) mass is 414 g/mol. The van der Waals surface area contributed by atoms with Crippen molar-refractivity contribution in [2.45, 2.75) is 31.1 Å². The van der Waals surface area contributed by atoms with Gasteiger partial charge in [-0.05, 0) is 42.2 Å². The van der Waals surface area contributed by atoms with Crippen LogP contribution in [-0.2, 0) is 14.9 Å². The Morgan fingerprint density at radius 1 is 1.03 bits per heavy atom. The van der Waals surface area contributed by atoms with E-state index in [2.05, 4.69) is 13.8 Å². The van der Waals surface area contributed by atoms with E-state index in [0.29, 0.717) is 28.2 Å². The van der Waals surface area contributed by atoms with Gasteiger partial charge in [-0.3, -0.25) is 4.55 Å². The summed E-state index contributed by atoms with van der Waals surface area (Å²) in [6.45, 7) is 3.85. The molecule has 0 aliphatic heterocycles. The van der Waals surface area contributed by atoms with Gasteiger partial charge >= 0.3 is 5.97 Å². The lowest BCUT2D eigenvalue weighted by molar-refractivity contribution is -0.136. The molecule has 0 saturated heterocycles. The van der Waals surface area contributed by atoms with Gasteiger partial charge in [0.2, 0.25) is 0 Å². The maximum Gasteiger partial charge on any atom is 0.349 e. The topological polar surface area (TPSA) is 89.9 Å². The largest absolute Gasteiger partial charge is 0.481 e. The molecule has 0 aliphatic rings. The molecule has 29 heavy (non-hydrogen) atoms. The molecule has 1 unspecified atom stereocenters. The number of ether oxygens (including phenoxy) is 2. The molecular formula is C22H22O6S. The number of esters is 1. The molecule has 6 nitrogen and oxygen atoms in total. The summed E-state index contributed by atoms with van der Waals surface area (Å²) >= 11 is 0. The van der Waals surface area contributed by atoms with E-state index >= 15 is 0 Å². The van der Waals surface area contributed by atoms with Crippen molar-refractivity contribution >= 4 is 26.9 Å². The zero-order valence-electron chi connectivity index (χ0n) is 16.2. The molecule has 3 aromatic carbocycles. The third-order valence-electron chi connectivity index (χ3n) is 4.74. The fraction of sp³-hybridized carbons (Fsp3) is 0.227. The van der Waals surface area contributed by atoms with Crippen LogP contribution in [0.25, 0.3) is 10.8 Å². The lowest BCUT2D eigenvalue weighted by atomic mass is 9.99. The van der Waals surface area contributed by atoms with Crippen molar-refractivity contribution in [3.05, 3.63) is 66.2 Å². The Hall–Kier alpha value is -2.90. The molecule has 0 spiro atoms. The standard InChI is InChI=1S/C22H22O6S/c1-3-15(2)16-7-4-8-17(13-16)28-22(23)14-27-20-11-5-10-19-18(20)9-6-12-21(19)29(24,25)26/h4-13,15H,3,14H2,1-2H3,(H,24,25,26). The Bertz CT molecular complexity index is 1140. The van der Waals surface area contributed by atoms with Crippen molar-refractivity contribution in [3.8, 4) is 11.5 Å². The second-order valence-electron chi connectivity index (χ2n) is 6.73. The van der Waals surface area contributed by atoms with Gasteiger partial charge in [0, 0.05) is 10.8 Å². The van der Waals surface area contributed by atoms with Crippen molar-refractivity contribution in [1.29, 1.82) is 0 Å². The number of hydrogen-bond acceptors (Lipinski definition) is 5. The van der Waals surface area contributed by atoms with E-state index in [4.69, 9.17) is 9.47 Å². The zero-order valence-corrected chi connectivity index (χ0v) is 17.0. The molecule has 0 radical (unpaired) electrons. The molecule has 0 amide bonds. The van der Waals surface area contributed by atoms with Crippen LogP contribution in [0.5, 0.6) is 11.5 Å². The fourth-order valence-electron chi connectivity index (χ4n) is 3.02. The van der Waals surface area contributed by atoms with Crippen molar-refractivity contribution in [2.75, 3.05) is 6.61 Å². The van der Waals surface area contributed by atoms with Gasteiger partial charge in [-0.15, -0.1) is 0 Å². The lowest BCUT2D eigenvalue weighted by Gasteiger charge is -2.12. The van der Waals surface area contributed by atoms with Crippen molar-refractivity contribution in [3.63, 3.8) is 0 Å². The Balaban J connectivity index is 1.75. The summed E-state index contributed by atoms with van der Waals surface area (Å²) in [6.07, 6.45) is 0.979. The fourth-order valence-corrected chi connectivity index (χ4v) is 3.73. The van der Waals surface area contributed by atoms with E-state index in [-0.39, 0.29) is 11.5 Å². The highest BCUT2D eigenvalue weighted by molar-refractivity contribution is 7.86. The van der Waals surface area contributed by atoms with Gasteiger partial charge in [-0.25, -0.2) is 4.79 Å². The van der Waals surface area contributed by atoms with E-state index in [9.17, 15) is 17.8 Å². The van der Waals surface area contributed by atoms with Crippen LogP contribution < -0.4 is 9.47 Å². The summed E-state index contributed by atoms with van der Waals surface area (Å²) in [5, 5.41) is 0.774. The number of carbonyl (C=O) groups excluding carboxylic acids is 1. The molecule has 3 aromatic rings. The predicted octanol–water partition coefficient (Wildman–Crippen LogP) is 4.58. The molecule has 7 heteroatoms. The van der Waals surface area contributed by atoms with Gasteiger partial charge in [-0.2, -0.15) is 8.42 Å². The molecule has 0 heterocycles. The predicted molar refractivity (Wildman–Crippen MR) is 110 cm³/mol. The summed E-state index contributed by atoms with van der Waals surface area (Å²) in [5.74, 6) is 0.549. The molecule has 0 aliphatic carbocycles. The van der Waals surface area contributed by atoms with Crippen LogP contribution in [0.1, 0.15) is 31.7 Å². The third-order valence-corrected chi connectivity index (χ3v) is 5.65. The summed E-state index contributed by atoms with van der Waals surface area (Å²) < 4.78 is 43.5.